The molecular formula is C16H17NO4. The second kappa shape index (κ2) is 6.74. The Hall–Kier alpha value is -2.56. The van der Waals surface area contributed by atoms with E-state index in [9.17, 15) is 4.79 Å². The van der Waals surface area contributed by atoms with Gasteiger partial charge in [0.2, 0.25) is 5.88 Å². The quantitative estimate of drug-likeness (QED) is 0.765. The third-order valence-electron chi connectivity index (χ3n) is 3.00. The van der Waals surface area contributed by atoms with Crippen LogP contribution in [0.3, 0.4) is 0 Å². The lowest BCUT2D eigenvalue weighted by atomic mass is 10.1. The van der Waals surface area contributed by atoms with Crippen LogP contribution in [0.2, 0.25) is 0 Å². The number of benzene rings is 1. The summed E-state index contributed by atoms with van der Waals surface area (Å²) in [4.78, 5) is 15.5. The highest BCUT2D eigenvalue weighted by Gasteiger charge is 2.10. The van der Waals surface area contributed by atoms with Crippen LogP contribution < -0.4 is 14.2 Å². The maximum Gasteiger partial charge on any atom is 0.219 e. The van der Waals surface area contributed by atoms with E-state index < -0.39 is 0 Å². The zero-order valence-electron chi connectivity index (χ0n) is 12.3. The molecule has 0 unspecified atom stereocenters. The fourth-order valence-electron chi connectivity index (χ4n) is 1.88. The molecule has 1 heterocycles. The molecule has 2 rings (SSSR count). The van der Waals surface area contributed by atoms with Crippen LogP contribution in [0.15, 0.2) is 36.5 Å². The first kappa shape index (κ1) is 14.8. The molecular weight excluding hydrogens is 270 g/mol. The summed E-state index contributed by atoms with van der Waals surface area (Å²) in [5, 5.41) is 0. The normalized spacial score (nSPS) is 10.0. The monoisotopic (exact) mass is 287 g/mol. The molecule has 110 valence electrons. The molecule has 0 N–H and O–H groups in total. The number of hydrogen-bond acceptors (Lipinski definition) is 5. The summed E-state index contributed by atoms with van der Waals surface area (Å²) in [6.45, 7) is 1.81. The Kier molecular flexibility index (Phi) is 4.77. The van der Waals surface area contributed by atoms with Crippen molar-refractivity contribution in [3.63, 3.8) is 0 Å². The minimum Gasteiger partial charge on any atom is -0.493 e. The molecule has 0 radical (unpaired) electrons. The zero-order chi connectivity index (χ0) is 15.2. The maximum absolute atomic E-state index is 11.4. The SMILES string of the molecule is COc1cc(C(C)=O)ccc1OCc1cccnc1OC. The van der Waals surface area contributed by atoms with Gasteiger partial charge in [-0.05, 0) is 37.3 Å². The molecule has 0 aliphatic carbocycles. The number of nitrogens with zero attached hydrogens (tertiary/aromatic N) is 1. The second-order valence-electron chi connectivity index (χ2n) is 4.38. The number of aromatic nitrogens is 1. The Morgan fingerprint density at radius 2 is 1.95 bits per heavy atom. The molecule has 0 atom stereocenters. The number of pyridine rings is 1. The summed E-state index contributed by atoms with van der Waals surface area (Å²) >= 11 is 0. The van der Waals surface area contributed by atoms with Crippen LogP contribution in [0.4, 0.5) is 0 Å². The Morgan fingerprint density at radius 3 is 2.62 bits per heavy atom. The molecule has 0 saturated heterocycles. The molecule has 5 heteroatoms. The van der Waals surface area contributed by atoms with Gasteiger partial charge < -0.3 is 14.2 Å². The van der Waals surface area contributed by atoms with Crippen molar-refractivity contribution in [1.82, 2.24) is 4.98 Å². The van der Waals surface area contributed by atoms with Crippen LogP contribution in [0.1, 0.15) is 22.8 Å². The van der Waals surface area contributed by atoms with E-state index in [4.69, 9.17) is 14.2 Å². The van der Waals surface area contributed by atoms with Gasteiger partial charge in [-0.2, -0.15) is 0 Å². The fourth-order valence-corrected chi connectivity index (χ4v) is 1.88. The van der Waals surface area contributed by atoms with Crippen LogP contribution in [-0.4, -0.2) is 25.0 Å². The van der Waals surface area contributed by atoms with Gasteiger partial charge in [-0.15, -0.1) is 0 Å². The van der Waals surface area contributed by atoms with Crippen molar-refractivity contribution in [1.29, 1.82) is 0 Å². The van der Waals surface area contributed by atoms with Crippen LogP contribution in [-0.2, 0) is 6.61 Å². The number of Topliss-reactive ketones (excluding diaryl/α,β-unsaturated/α-hetero) is 1. The predicted octanol–water partition coefficient (Wildman–Crippen LogP) is 2.88. The van der Waals surface area contributed by atoms with E-state index in [2.05, 4.69) is 4.98 Å². The molecule has 0 amide bonds. The maximum atomic E-state index is 11.4. The summed E-state index contributed by atoms with van der Waals surface area (Å²) in [5.41, 5.74) is 1.41. The van der Waals surface area contributed by atoms with Crippen molar-refractivity contribution in [2.24, 2.45) is 0 Å². The molecule has 0 saturated carbocycles. The van der Waals surface area contributed by atoms with Crippen LogP contribution in [0.5, 0.6) is 17.4 Å². The van der Waals surface area contributed by atoms with E-state index in [0.717, 1.165) is 5.56 Å². The van der Waals surface area contributed by atoms with Crippen molar-refractivity contribution in [2.45, 2.75) is 13.5 Å². The van der Waals surface area contributed by atoms with Crippen molar-refractivity contribution in [2.75, 3.05) is 14.2 Å². The Labute approximate surface area is 123 Å². The molecule has 1 aromatic heterocycles. The molecule has 0 aliphatic rings. The lowest BCUT2D eigenvalue weighted by molar-refractivity contribution is 0.101. The Balaban J connectivity index is 2.18. The van der Waals surface area contributed by atoms with Gasteiger partial charge in [0.1, 0.15) is 6.61 Å². The number of carbonyl (C=O) groups is 1. The van der Waals surface area contributed by atoms with E-state index in [1.807, 2.05) is 12.1 Å². The van der Waals surface area contributed by atoms with E-state index in [0.29, 0.717) is 29.5 Å². The summed E-state index contributed by atoms with van der Waals surface area (Å²) in [6, 6.07) is 8.79. The average molecular weight is 287 g/mol. The molecule has 0 bridgehead atoms. The lowest BCUT2D eigenvalue weighted by Gasteiger charge is -2.12. The molecule has 1 aromatic carbocycles. The number of hydrogen-bond donors (Lipinski definition) is 0. The summed E-state index contributed by atoms with van der Waals surface area (Å²) in [7, 11) is 3.10. The van der Waals surface area contributed by atoms with E-state index in [1.54, 1.807) is 31.5 Å². The first-order chi connectivity index (χ1) is 10.2. The first-order valence-corrected chi connectivity index (χ1v) is 6.45. The van der Waals surface area contributed by atoms with Gasteiger partial charge in [-0.25, -0.2) is 4.98 Å². The van der Waals surface area contributed by atoms with Gasteiger partial charge in [0.25, 0.3) is 0 Å². The Morgan fingerprint density at radius 1 is 1.14 bits per heavy atom. The largest absolute Gasteiger partial charge is 0.493 e. The fraction of sp³-hybridized carbons (Fsp3) is 0.250. The zero-order valence-corrected chi connectivity index (χ0v) is 12.3. The minimum absolute atomic E-state index is 0.0196. The molecule has 0 aliphatic heterocycles. The van der Waals surface area contributed by atoms with Gasteiger partial charge in [-0.3, -0.25) is 4.79 Å². The molecule has 5 nitrogen and oxygen atoms in total. The topological polar surface area (TPSA) is 57.7 Å². The number of ether oxygens (including phenoxy) is 3. The number of rotatable bonds is 6. The average Bonchev–Trinajstić information content (AvgIpc) is 2.52. The van der Waals surface area contributed by atoms with E-state index in [-0.39, 0.29) is 5.78 Å². The lowest BCUT2D eigenvalue weighted by Crippen LogP contribution is -2.02. The number of carbonyl (C=O) groups excluding carboxylic acids is 1. The van der Waals surface area contributed by atoms with Crippen molar-refractivity contribution in [3.05, 3.63) is 47.7 Å². The Bertz CT molecular complexity index is 640. The highest BCUT2D eigenvalue weighted by Crippen LogP contribution is 2.29. The van der Waals surface area contributed by atoms with Gasteiger partial charge in [-0.1, -0.05) is 0 Å². The van der Waals surface area contributed by atoms with Gasteiger partial charge in [0.15, 0.2) is 17.3 Å². The van der Waals surface area contributed by atoms with Crippen molar-refractivity contribution in [3.8, 4) is 17.4 Å². The van der Waals surface area contributed by atoms with Crippen LogP contribution >= 0.6 is 0 Å². The first-order valence-electron chi connectivity index (χ1n) is 6.45. The molecule has 21 heavy (non-hydrogen) atoms. The van der Waals surface area contributed by atoms with E-state index in [1.165, 1.54) is 14.0 Å². The third-order valence-corrected chi connectivity index (χ3v) is 3.00. The van der Waals surface area contributed by atoms with Crippen LogP contribution in [0.25, 0.3) is 0 Å². The highest BCUT2D eigenvalue weighted by atomic mass is 16.5. The number of methoxy groups -OCH3 is 2. The van der Waals surface area contributed by atoms with Crippen molar-refractivity contribution < 1.29 is 19.0 Å². The number of ketones is 1. The standard InChI is InChI=1S/C16H17NO4/c1-11(18)12-6-7-14(15(9-12)19-2)21-10-13-5-4-8-17-16(13)20-3/h4-9H,10H2,1-3H3. The summed E-state index contributed by atoms with van der Waals surface area (Å²) in [5.74, 6) is 1.59. The second-order valence-corrected chi connectivity index (χ2v) is 4.38. The molecule has 2 aromatic rings. The summed E-state index contributed by atoms with van der Waals surface area (Å²) in [6.07, 6.45) is 1.66. The summed E-state index contributed by atoms with van der Waals surface area (Å²) < 4.78 is 16.2. The molecule has 0 fully saturated rings. The third kappa shape index (κ3) is 3.51. The van der Waals surface area contributed by atoms with E-state index >= 15 is 0 Å². The van der Waals surface area contributed by atoms with Gasteiger partial charge >= 0.3 is 0 Å². The van der Waals surface area contributed by atoms with Crippen molar-refractivity contribution >= 4 is 5.78 Å². The smallest absolute Gasteiger partial charge is 0.219 e. The van der Waals surface area contributed by atoms with Gasteiger partial charge in [0, 0.05) is 11.8 Å². The minimum atomic E-state index is -0.0196. The highest BCUT2D eigenvalue weighted by molar-refractivity contribution is 5.94. The predicted molar refractivity (Wildman–Crippen MR) is 78.1 cm³/mol. The molecule has 0 spiro atoms. The van der Waals surface area contributed by atoms with Gasteiger partial charge in [0.05, 0.1) is 19.8 Å². The van der Waals surface area contributed by atoms with Crippen LogP contribution in [0, 0.1) is 0 Å².